The van der Waals surface area contributed by atoms with Gasteiger partial charge in [0.1, 0.15) is 0 Å². The van der Waals surface area contributed by atoms with Gasteiger partial charge < -0.3 is 9.47 Å². The van der Waals surface area contributed by atoms with E-state index in [2.05, 4.69) is 20.8 Å². The summed E-state index contributed by atoms with van der Waals surface area (Å²) < 4.78 is 11.0. The maximum atomic E-state index is 11.2. The van der Waals surface area contributed by atoms with Gasteiger partial charge in [0.05, 0.1) is 19.3 Å². The summed E-state index contributed by atoms with van der Waals surface area (Å²) in [5.74, 6) is 1.77. The van der Waals surface area contributed by atoms with Crippen LogP contribution in [0.4, 0.5) is 0 Å². The molecule has 44 heavy (non-hydrogen) atoms. The van der Waals surface area contributed by atoms with Gasteiger partial charge in [-0.3, -0.25) is 4.79 Å². The first kappa shape index (κ1) is 41.5. The van der Waals surface area contributed by atoms with Crippen molar-refractivity contribution >= 4 is 5.97 Å². The Bertz CT molecular complexity index is 605. The summed E-state index contributed by atoms with van der Waals surface area (Å²) in [5.41, 5.74) is 0. The van der Waals surface area contributed by atoms with Crippen molar-refractivity contribution in [1.82, 2.24) is 0 Å². The monoisotopic (exact) mass is 621 g/mol. The molecule has 0 radical (unpaired) electrons. The molecule has 1 aliphatic rings. The Balaban J connectivity index is 1.71. The molecule has 1 fully saturated rings. The Kier molecular flexibility index (Phi) is 29.3. The maximum Gasteiger partial charge on any atom is 0.305 e. The van der Waals surface area contributed by atoms with E-state index in [0.29, 0.717) is 18.6 Å². The molecule has 262 valence electrons. The minimum atomic E-state index is -0.0807. The van der Waals surface area contributed by atoms with Gasteiger partial charge in [-0.1, -0.05) is 181 Å². The molecule has 1 aliphatic heterocycles. The van der Waals surface area contributed by atoms with Gasteiger partial charge in [0.15, 0.2) is 0 Å². The molecule has 0 aromatic carbocycles. The van der Waals surface area contributed by atoms with Crippen molar-refractivity contribution in [3.63, 3.8) is 0 Å². The zero-order valence-corrected chi connectivity index (χ0v) is 30.7. The molecule has 0 saturated carbocycles. The van der Waals surface area contributed by atoms with E-state index in [1.54, 1.807) is 0 Å². The van der Waals surface area contributed by atoms with Crippen molar-refractivity contribution in [2.45, 2.75) is 238 Å². The molecule has 4 atom stereocenters. The fraction of sp³-hybridized carbons (Fsp3) is 0.976. The van der Waals surface area contributed by atoms with Crippen LogP contribution in [-0.4, -0.2) is 25.3 Å². The van der Waals surface area contributed by atoms with Crippen LogP contribution in [0.2, 0.25) is 0 Å². The normalized spacial score (nSPS) is 18.1. The second-order valence-electron chi connectivity index (χ2n) is 15.0. The van der Waals surface area contributed by atoms with E-state index in [9.17, 15) is 4.79 Å². The number of carbonyl (C=O) groups excluding carboxylic acids is 1. The van der Waals surface area contributed by atoms with Crippen LogP contribution in [-0.2, 0) is 14.3 Å². The van der Waals surface area contributed by atoms with Gasteiger partial charge in [0.2, 0.25) is 0 Å². The van der Waals surface area contributed by atoms with Crippen molar-refractivity contribution in [2.24, 2.45) is 11.8 Å². The number of rotatable bonds is 33. The zero-order chi connectivity index (χ0) is 31.9. The van der Waals surface area contributed by atoms with Crippen molar-refractivity contribution in [2.75, 3.05) is 7.11 Å². The number of ether oxygens (including phenoxy) is 2. The largest absolute Gasteiger partial charge is 0.469 e. The number of unbranched alkanes of at least 4 members (excludes halogenated alkanes) is 22. The lowest BCUT2D eigenvalue weighted by atomic mass is 9.91. The van der Waals surface area contributed by atoms with Crippen LogP contribution in [0.3, 0.4) is 0 Å². The standard InChI is InChI=1S/C41H80O3/c1-5-37(2)36-38(3)30-26-23-21-19-17-15-13-11-9-7-6-8-10-12-14-16-18-20-22-24-27-31-39-34-35-40(44-39)32-28-25-29-33-41(42)43-4/h37-40H,5-36H2,1-4H3. The number of hydrogen-bond donors (Lipinski definition) is 0. The Morgan fingerprint density at radius 2 is 0.932 bits per heavy atom. The highest BCUT2D eigenvalue weighted by Gasteiger charge is 2.24. The number of carbonyl (C=O) groups is 1. The molecule has 0 bridgehead atoms. The van der Waals surface area contributed by atoms with Gasteiger partial charge in [0.25, 0.3) is 0 Å². The van der Waals surface area contributed by atoms with Crippen LogP contribution in [0.1, 0.15) is 226 Å². The Morgan fingerprint density at radius 1 is 0.568 bits per heavy atom. The summed E-state index contributed by atoms with van der Waals surface area (Å²) in [6.45, 7) is 7.20. The number of hydrogen-bond acceptors (Lipinski definition) is 3. The highest BCUT2D eigenvalue weighted by molar-refractivity contribution is 5.68. The van der Waals surface area contributed by atoms with Crippen LogP contribution in [0.25, 0.3) is 0 Å². The van der Waals surface area contributed by atoms with E-state index in [-0.39, 0.29) is 5.97 Å². The summed E-state index contributed by atoms with van der Waals surface area (Å²) in [7, 11) is 1.47. The molecule has 0 amide bonds. The average Bonchev–Trinajstić information content (AvgIpc) is 3.48. The summed E-state index contributed by atoms with van der Waals surface area (Å²) >= 11 is 0. The molecule has 1 heterocycles. The fourth-order valence-corrected chi connectivity index (χ4v) is 7.32. The average molecular weight is 621 g/mol. The molecule has 3 nitrogen and oxygen atoms in total. The Hall–Kier alpha value is -0.570. The summed E-state index contributed by atoms with van der Waals surface area (Å²) in [5, 5.41) is 0. The SMILES string of the molecule is CCC(C)CC(C)CCCCCCCCCCCCCCCCCCCCCCCC1CCC(CCCCCC(=O)OC)O1. The highest BCUT2D eigenvalue weighted by atomic mass is 16.5. The smallest absolute Gasteiger partial charge is 0.305 e. The van der Waals surface area contributed by atoms with E-state index >= 15 is 0 Å². The molecule has 0 spiro atoms. The Morgan fingerprint density at radius 3 is 1.32 bits per heavy atom. The lowest BCUT2D eigenvalue weighted by Gasteiger charge is -2.15. The van der Waals surface area contributed by atoms with Crippen LogP contribution in [0, 0.1) is 11.8 Å². The van der Waals surface area contributed by atoms with Gasteiger partial charge in [-0.25, -0.2) is 0 Å². The van der Waals surface area contributed by atoms with Crippen molar-refractivity contribution in [3.8, 4) is 0 Å². The lowest BCUT2D eigenvalue weighted by Crippen LogP contribution is -2.11. The third kappa shape index (κ3) is 26.6. The molecule has 0 N–H and O–H groups in total. The first-order valence-corrected chi connectivity index (χ1v) is 20.3. The number of methoxy groups -OCH3 is 1. The minimum Gasteiger partial charge on any atom is -0.469 e. The van der Waals surface area contributed by atoms with Crippen molar-refractivity contribution in [1.29, 1.82) is 0 Å². The predicted molar refractivity (Wildman–Crippen MR) is 192 cm³/mol. The first-order valence-electron chi connectivity index (χ1n) is 20.3. The quantitative estimate of drug-likeness (QED) is 0.0541. The highest BCUT2D eigenvalue weighted by Crippen LogP contribution is 2.27. The molecule has 0 aromatic rings. The van der Waals surface area contributed by atoms with Crippen molar-refractivity contribution in [3.05, 3.63) is 0 Å². The number of esters is 1. The predicted octanol–water partition coefficient (Wildman–Crippen LogP) is 13.7. The third-order valence-corrected chi connectivity index (χ3v) is 10.6. The minimum absolute atomic E-state index is 0.0807. The third-order valence-electron chi connectivity index (χ3n) is 10.6. The van der Waals surface area contributed by atoms with Crippen LogP contribution < -0.4 is 0 Å². The van der Waals surface area contributed by atoms with Gasteiger partial charge in [-0.15, -0.1) is 0 Å². The second kappa shape index (κ2) is 31.1. The molecule has 1 rings (SSSR count). The van der Waals surface area contributed by atoms with Gasteiger partial charge in [-0.05, 0) is 50.4 Å². The maximum absolute atomic E-state index is 11.2. The van der Waals surface area contributed by atoms with E-state index < -0.39 is 0 Å². The van der Waals surface area contributed by atoms with Gasteiger partial charge in [0, 0.05) is 6.42 Å². The molecule has 3 heteroatoms. The van der Waals surface area contributed by atoms with E-state index in [4.69, 9.17) is 9.47 Å². The van der Waals surface area contributed by atoms with Gasteiger partial charge >= 0.3 is 5.97 Å². The molecular formula is C41H80O3. The van der Waals surface area contributed by atoms with E-state index in [1.165, 1.54) is 187 Å². The van der Waals surface area contributed by atoms with E-state index in [0.717, 1.165) is 31.1 Å². The summed E-state index contributed by atoms with van der Waals surface area (Å²) in [6, 6.07) is 0. The lowest BCUT2D eigenvalue weighted by molar-refractivity contribution is -0.140. The zero-order valence-electron chi connectivity index (χ0n) is 30.7. The van der Waals surface area contributed by atoms with Crippen molar-refractivity contribution < 1.29 is 14.3 Å². The van der Waals surface area contributed by atoms with Crippen LogP contribution in [0.15, 0.2) is 0 Å². The molecule has 0 aromatic heterocycles. The summed E-state index contributed by atoms with van der Waals surface area (Å²) in [4.78, 5) is 11.2. The van der Waals surface area contributed by atoms with Gasteiger partial charge in [-0.2, -0.15) is 0 Å². The fourth-order valence-electron chi connectivity index (χ4n) is 7.32. The Labute approximate surface area is 277 Å². The molecule has 4 unspecified atom stereocenters. The van der Waals surface area contributed by atoms with E-state index in [1.807, 2.05) is 0 Å². The van der Waals surface area contributed by atoms with Crippen LogP contribution in [0.5, 0.6) is 0 Å². The molecular weight excluding hydrogens is 540 g/mol. The first-order chi connectivity index (χ1) is 21.5. The molecule has 0 aliphatic carbocycles. The topological polar surface area (TPSA) is 35.5 Å². The van der Waals surface area contributed by atoms with Crippen LogP contribution >= 0.6 is 0 Å². The summed E-state index contributed by atoms with van der Waals surface area (Å²) in [6.07, 6.45) is 44.4. The molecule has 1 saturated heterocycles. The second-order valence-corrected chi connectivity index (χ2v) is 15.0.